The summed E-state index contributed by atoms with van der Waals surface area (Å²) >= 11 is 0. The van der Waals surface area contributed by atoms with Gasteiger partial charge in [-0.3, -0.25) is 9.59 Å². The van der Waals surface area contributed by atoms with Gasteiger partial charge in [0.1, 0.15) is 13.2 Å². The normalized spacial score (nSPS) is 18.9. The van der Waals surface area contributed by atoms with Gasteiger partial charge in [0.15, 0.2) is 0 Å². The minimum absolute atomic E-state index is 0.00159. The first-order valence-corrected chi connectivity index (χ1v) is 11.8. The highest BCUT2D eigenvalue weighted by Gasteiger charge is 2.33. The number of fused-ring (bicyclic) bond motifs is 3. The largest absolute Gasteiger partial charge is 0.480 e. The zero-order chi connectivity index (χ0) is 24.8. The van der Waals surface area contributed by atoms with Gasteiger partial charge >= 0.3 is 12.1 Å². The second-order valence-electron chi connectivity index (χ2n) is 8.84. The summed E-state index contributed by atoms with van der Waals surface area (Å²) in [6.45, 7) is 0.00635. The molecule has 1 heterocycles. The van der Waals surface area contributed by atoms with E-state index in [4.69, 9.17) is 19.7 Å². The number of aliphatic hydroxyl groups excluding tert-OH is 1. The lowest BCUT2D eigenvalue weighted by atomic mass is 9.92. The minimum Gasteiger partial charge on any atom is -0.480 e. The van der Waals surface area contributed by atoms with Crippen LogP contribution in [-0.4, -0.2) is 78.6 Å². The van der Waals surface area contributed by atoms with Gasteiger partial charge in [0.05, 0.1) is 13.2 Å². The number of carbonyl (C=O) groups excluding carboxylic acids is 2. The van der Waals surface area contributed by atoms with Crippen LogP contribution in [0.2, 0.25) is 0 Å². The SMILES string of the molecule is O=C(O)CN(CCO)C(=O)CC1COCCC1NC(=O)OCC1c2ccccc2-c2ccccc21. The fourth-order valence-electron chi connectivity index (χ4n) is 4.91. The standard InChI is InChI=1S/C26H30N2O7/c29-11-10-28(14-25(31)32)24(30)13-17-15-34-12-9-23(17)27-26(33)35-16-22-20-7-3-1-5-18(20)19-6-2-4-8-21(19)22/h1-8,17,22-23,29H,9-16H2,(H,27,33)(H,31,32). The molecule has 1 saturated heterocycles. The van der Waals surface area contributed by atoms with Crippen LogP contribution in [0.3, 0.4) is 0 Å². The first kappa shape index (κ1) is 24.7. The van der Waals surface area contributed by atoms with E-state index in [0.29, 0.717) is 13.0 Å². The first-order chi connectivity index (χ1) is 17.0. The van der Waals surface area contributed by atoms with Crippen LogP contribution in [0, 0.1) is 5.92 Å². The van der Waals surface area contributed by atoms with Gasteiger partial charge in [-0.05, 0) is 28.7 Å². The van der Waals surface area contributed by atoms with Gasteiger partial charge in [0.25, 0.3) is 0 Å². The Balaban J connectivity index is 1.36. The maximum atomic E-state index is 12.7. The molecule has 2 aromatic rings. The van der Waals surface area contributed by atoms with Crippen LogP contribution in [-0.2, 0) is 19.1 Å². The number of nitrogens with zero attached hydrogens (tertiary/aromatic N) is 1. The Morgan fingerprint density at radius 2 is 1.71 bits per heavy atom. The molecule has 1 fully saturated rings. The monoisotopic (exact) mass is 482 g/mol. The van der Waals surface area contributed by atoms with Gasteiger partial charge in [-0.15, -0.1) is 0 Å². The van der Waals surface area contributed by atoms with Crippen LogP contribution >= 0.6 is 0 Å². The number of ether oxygens (including phenoxy) is 2. The maximum Gasteiger partial charge on any atom is 0.407 e. The Hall–Kier alpha value is -3.43. The highest BCUT2D eigenvalue weighted by molar-refractivity contribution is 5.82. The highest BCUT2D eigenvalue weighted by atomic mass is 16.5. The second kappa shape index (κ2) is 11.3. The number of carbonyl (C=O) groups is 3. The molecule has 2 amide bonds. The molecule has 2 aromatic carbocycles. The lowest BCUT2D eigenvalue weighted by Crippen LogP contribution is -2.48. The molecule has 0 aromatic heterocycles. The third-order valence-electron chi connectivity index (χ3n) is 6.61. The Bertz CT molecular complexity index is 1030. The molecule has 3 N–H and O–H groups in total. The van der Waals surface area contributed by atoms with E-state index in [-0.39, 0.29) is 50.7 Å². The van der Waals surface area contributed by atoms with Crippen molar-refractivity contribution in [3.63, 3.8) is 0 Å². The van der Waals surface area contributed by atoms with Gasteiger partial charge < -0.3 is 29.9 Å². The fraction of sp³-hybridized carbons (Fsp3) is 0.423. The number of amides is 2. The number of alkyl carbamates (subject to hydrolysis) is 1. The van der Waals surface area contributed by atoms with Crippen molar-refractivity contribution >= 4 is 18.0 Å². The van der Waals surface area contributed by atoms with Crippen molar-refractivity contribution in [1.82, 2.24) is 10.2 Å². The summed E-state index contributed by atoms with van der Waals surface area (Å²) < 4.78 is 11.1. The topological polar surface area (TPSA) is 125 Å². The van der Waals surface area contributed by atoms with E-state index >= 15 is 0 Å². The van der Waals surface area contributed by atoms with Crippen molar-refractivity contribution in [1.29, 1.82) is 0 Å². The Kier molecular flexibility index (Phi) is 7.99. The zero-order valence-electron chi connectivity index (χ0n) is 19.4. The summed E-state index contributed by atoms with van der Waals surface area (Å²) in [5.41, 5.74) is 4.54. The quantitative estimate of drug-likeness (QED) is 0.500. The molecule has 2 unspecified atom stereocenters. The smallest absolute Gasteiger partial charge is 0.407 e. The molecule has 2 atom stereocenters. The Labute approximate surface area is 203 Å². The van der Waals surface area contributed by atoms with Crippen LogP contribution in [0.5, 0.6) is 0 Å². The highest BCUT2D eigenvalue weighted by Crippen LogP contribution is 2.44. The van der Waals surface area contributed by atoms with E-state index in [1.54, 1.807) is 0 Å². The van der Waals surface area contributed by atoms with Crippen molar-refractivity contribution < 1.29 is 34.1 Å². The van der Waals surface area contributed by atoms with E-state index in [1.165, 1.54) is 0 Å². The number of aliphatic hydroxyl groups is 1. The van der Waals surface area contributed by atoms with Crippen LogP contribution in [0.25, 0.3) is 11.1 Å². The van der Waals surface area contributed by atoms with Crippen molar-refractivity contribution in [2.45, 2.75) is 24.8 Å². The summed E-state index contributed by atoms with van der Waals surface area (Å²) in [7, 11) is 0. The molecular formula is C26H30N2O7. The number of aliphatic carboxylic acids is 1. The predicted octanol–water partition coefficient (Wildman–Crippen LogP) is 2.23. The molecule has 0 saturated carbocycles. The van der Waals surface area contributed by atoms with Crippen molar-refractivity contribution in [3.8, 4) is 11.1 Å². The number of carboxylic acid groups (broad SMARTS) is 1. The van der Waals surface area contributed by atoms with Crippen LogP contribution in [0.1, 0.15) is 29.9 Å². The van der Waals surface area contributed by atoms with Crippen molar-refractivity contribution in [3.05, 3.63) is 59.7 Å². The number of hydrogen-bond acceptors (Lipinski definition) is 6. The second-order valence-corrected chi connectivity index (χ2v) is 8.84. The van der Waals surface area contributed by atoms with E-state index in [1.807, 2.05) is 24.3 Å². The summed E-state index contributed by atoms with van der Waals surface area (Å²) in [6, 6.07) is 15.9. The van der Waals surface area contributed by atoms with E-state index in [9.17, 15) is 14.4 Å². The van der Waals surface area contributed by atoms with Gasteiger partial charge in [-0.2, -0.15) is 0 Å². The van der Waals surface area contributed by atoms with E-state index in [2.05, 4.69) is 29.6 Å². The maximum absolute atomic E-state index is 12.7. The molecule has 1 aliphatic carbocycles. The molecule has 0 bridgehead atoms. The van der Waals surface area contributed by atoms with Crippen molar-refractivity contribution in [2.24, 2.45) is 5.92 Å². The molecule has 0 spiro atoms. The van der Waals surface area contributed by atoms with Crippen LogP contribution in [0.4, 0.5) is 4.79 Å². The average Bonchev–Trinajstić information content (AvgIpc) is 3.17. The van der Waals surface area contributed by atoms with E-state index in [0.717, 1.165) is 27.2 Å². The average molecular weight is 483 g/mol. The third kappa shape index (κ3) is 5.80. The lowest BCUT2D eigenvalue weighted by Gasteiger charge is -2.33. The summed E-state index contributed by atoms with van der Waals surface area (Å²) in [6.07, 6.45) is -0.0446. The first-order valence-electron chi connectivity index (χ1n) is 11.8. The molecule has 0 radical (unpaired) electrons. The number of benzene rings is 2. The Morgan fingerprint density at radius 3 is 2.34 bits per heavy atom. The molecule has 35 heavy (non-hydrogen) atoms. The minimum atomic E-state index is -1.15. The number of carboxylic acids is 1. The summed E-state index contributed by atoms with van der Waals surface area (Å²) in [5.74, 6) is -1.94. The molecule has 9 nitrogen and oxygen atoms in total. The van der Waals surface area contributed by atoms with Gasteiger partial charge in [-0.1, -0.05) is 48.5 Å². The third-order valence-corrected chi connectivity index (χ3v) is 6.61. The van der Waals surface area contributed by atoms with E-state index < -0.39 is 24.5 Å². The number of hydrogen-bond donors (Lipinski definition) is 3. The number of nitrogens with one attached hydrogen (secondary N) is 1. The zero-order valence-corrected chi connectivity index (χ0v) is 19.4. The molecule has 186 valence electrons. The fourth-order valence-corrected chi connectivity index (χ4v) is 4.91. The molecule has 9 heteroatoms. The van der Waals surface area contributed by atoms with Gasteiger partial charge in [-0.25, -0.2) is 4.79 Å². The summed E-state index contributed by atoms with van der Waals surface area (Å²) in [4.78, 5) is 37.5. The lowest BCUT2D eigenvalue weighted by molar-refractivity contribution is -0.145. The van der Waals surface area contributed by atoms with Crippen molar-refractivity contribution in [2.75, 3.05) is 39.5 Å². The molecule has 2 aliphatic rings. The predicted molar refractivity (Wildman–Crippen MR) is 127 cm³/mol. The van der Waals surface area contributed by atoms with Gasteiger partial charge in [0.2, 0.25) is 5.91 Å². The Morgan fingerprint density at radius 1 is 1.06 bits per heavy atom. The van der Waals surface area contributed by atoms with Crippen LogP contribution in [0.15, 0.2) is 48.5 Å². The summed E-state index contributed by atoms with van der Waals surface area (Å²) in [5, 5.41) is 21.1. The molecule has 1 aliphatic heterocycles. The van der Waals surface area contributed by atoms with Gasteiger partial charge in [0, 0.05) is 37.5 Å². The molecule has 4 rings (SSSR count). The van der Waals surface area contributed by atoms with Crippen LogP contribution < -0.4 is 5.32 Å². The number of rotatable bonds is 9. The molecular weight excluding hydrogens is 452 g/mol.